The van der Waals surface area contributed by atoms with Crippen LogP contribution in [0.4, 0.5) is 0 Å². The van der Waals surface area contributed by atoms with Crippen LogP contribution in [0.5, 0.6) is 0 Å². The van der Waals surface area contributed by atoms with Gasteiger partial charge in [-0.3, -0.25) is 10.2 Å². The summed E-state index contributed by atoms with van der Waals surface area (Å²) in [5.41, 5.74) is 9.23. The fraction of sp³-hybridized carbons (Fsp3) is 0.143. The second-order valence-corrected chi connectivity index (χ2v) is 4.33. The average Bonchev–Trinajstić information content (AvgIpc) is 2.32. The van der Waals surface area contributed by atoms with Gasteiger partial charge in [0.15, 0.2) is 0 Å². The molecule has 92 valence electrons. The van der Waals surface area contributed by atoms with E-state index in [1.54, 1.807) is 12.1 Å². The van der Waals surface area contributed by atoms with E-state index >= 15 is 0 Å². The third kappa shape index (κ3) is 2.18. The first-order chi connectivity index (χ1) is 8.49. The minimum absolute atomic E-state index is 0.197. The summed E-state index contributed by atoms with van der Waals surface area (Å²) >= 11 is 0. The summed E-state index contributed by atoms with van der Waals surface area (Å²) in [6, 6.07) is 9.34. The Morgan fingerprint density at radius 1 is 1.17 bits per heavy atom. The van der Waals surface area contributed by atoms with Gasteiger partial charge in [0.05, 0.1) is 5.56 Å². The first kappa shape index (κ1) is 12.1. The topological polar surface area (TPSA) is 82.7 Å². The first-order valence-corrected chi connectivity index (χ1v) is 5.64. The van der Waals surface area contributed by atoms with Gasteiger partial charge >= 0.3 is 0 Å². The van der Waals surface area contributed by atoms with Crippen molar-refractivity contribution in [1.29, 1.82) is 5.41 Å². The molecule has 0 saturated carbocycles. The van der Waals surface area contributed by atoms with Crippen molar-refractivity contribution in [3.05, 3.63) is 57.4 Å². The Kier molecular flexibility index (Phi) is 3.02. The van der Waals surface area contributed by atoms with Crippen molar-refractivity contribution in [3.8, 4) is 11.3 Å². The molecule has 4 heteroatoms. The van der Waals surface area contributed by atoms with Crippen molar-refractivity contribution in [2.75, 3.05) is 0 Å². The zero-order valence-corrected chi connectivity index (χ0v) is 10.4. The van der Waals surface area contributed by atoms with E-state index in [1.807, 2.05) is 32.0 Å². The molecule has 0 aliphatic rings. The fourth-order valence-corrected chi connectivity index (χ4v) is 1.76. The lowest BCUT2D eigenvalue weighted by atomic mass is 10.0. The van der Waals surface area contributed by atoms with Crippen molar-refractivity contribution < 1.29 is 0 Å². The van der Waals surface area contributed by atoms with Crippen LogP contribution in [0.3, 0.4) is 0 Å². The quantitative estimate of drug-likeness (QED) is 0.554. The van der Waals surface area contributed by atoms with Crippen molar-refractivity contribution in [3.63, 3.8) is 0 Å². The van der Waals surface area contributed by atoms with Crippen LogP contribution in [0.2, 0.25) is 0 Å². The van der Waals surface area contributed by atoms with E-state index in [9.17, 15) is 4.79 Å². The van der Waals surface area contributed by atoms with E-state index in [2.05, 4.69) is 4.98 Å². The Morgan fingerprint density at radius 3 is 2.44 bits per heavy atom. The molecule has 0 fully saturated rings. The van der Waals surface area contributed by atoms with E-state index in [0.29, 0.717) is 0 Å². The number of rotatable bonds is 2. The van der Waals surface area contributed by atoms with Crippen LogP contribution in [-0.4, -0.2) is 10.8 Å². The lowest BCUT2D eigenvalue weighted by Gasteiger charge is -2.06. The van der Waals surface area contributed by atoms with Gasteiger partial charge < -0.3 is 10.7 Å². The number of nitrogen functional groups attached to an aromatic ring is 1. The second-order valence-electron chi connectivity index (χ2n) is 4.33. The highest BCUT2D eigenvalue weighted by atomic mass is 16.1. The highest BCUT2D eigenvalue weighted by Crippen LogP contribution is 2.19. The predicted molar refractivity (Wildman–Crippen MR) is 73.0 cm³/mol. The minimum atomic E-state index is -0.335. The van der Waals surface area contributed by atoms with Gasteiger partial charge in [0.1, 0.15) is 5.84 Å². The van der Waals surface area contributed by atoms with Crippen LogP contribution < -0.4 is 11.3 Å². The van der Waals surface area contributed by atoms with Crippen LogP contribution >= 0.6 is 0 Å². The standard InChI is InChI=1S/C14H15N3O/c1-8-3-4-10(7-9(8)2)12-6-5-11(13(15)16)14(18)17-12/h3-7H,1-2H3,(H3,15,16)(H,17,18). The van der Waals surface area contributed by atoms with E-state index < -0.39 is 0 Å². The number of aryl methyl sites for hydroxylation is 2. The van der Waals surface area contributed by atoms with Crippen LogP contribution in [0, 0.1) is 19.3 Å². The van der Waals surface area contributed by atoms with Crippen molar-refractivity contribution >= 4 is 5.84 Å². The number of nitrogens with two attached hydrogens (primary N) is 1. The molecule has 1 aromatic carbocycles. The molecule has 0 spiro atoms. The normalized spacial score (nSPS) is 10.3. The number of H-pyrrole nitrogens is 1. The molecule has 0 aliphatic heterocycles. The molecule has 0 radical (unpaired) electrons. The van der Waals surface area contributed by atoms with E-state index in [4.69, 9.17) is 11.1 Å². The number of amidine groups is 1. The maximum Gasteiger partial charge on any atom is 0.259 e. The van der Waals surface area contributed by atoms with Gasteiger partial charge in [0, 0.05) is 5.69 Å². The van der Waals surface area contributed by atoms with Gasteiger partial charge in [-0.05, 0) is 48.7 Å². The zero-order chi connectivity index (χ0) is 13.3. The Labute approximate surface area is 105 Å². The van der Waals surface area contributed by atoms with Gasteiger partial charge in [-0.2, -0.15) is 0 Å². The number of aromatic amines is 1. The van der Waals surface area contributed by atoms with Gasteiger partial charge in [0.25, 0.3) is 5.56 Å². The van der Waals surface area contributed by atoms with Crippen LogP contribution in [0.25, 0.3) is 11.3 Å². The molecule has 0 saturated heterocycles. The van der Waals surface area contributed by atoms with Crippen molar-refractivity contribution in [1.82, 2.24) is 4.98 Å². The minimum Gasteiger partial charge on any atom is -0.384 e. The van der Waals surface area contributed by atoms with Gasteiger partial charge in [-0.25, -0.2) is 0 Å². The number of hydrogen-bond donors (Lipinski definition) is 3. The summed E-state index contributed by atoms with van der Waals surface area (Å²) in [7, 11) is 0. The molecule has 0 amide bonds. The summed E-state index contributed by atoms with van der Waals surface area (Å²) < 4.78 is 0. The molecule has 2 rings (SSSR count). The molecule has 0 unspecified atom stereocenters. The Morgan fingerprint density at radius 2 is 1.89 bits per heavy atom. The van der Waals surface area contributed by atoms with E-state index in [0.717, 1.165) is 11.3 Å². The second kappa shape index (κ2) is 4.49. The highest BCUT2D eigenvalue weighted by Gasteiger charge is 2.05. The maximum absolute atomic E-state index is 11.7. The lowest BCUT2D eigenvalue weighted by molar-refractivity contribution is 1.21. The molecule has 1 heterocycles. The largest absolute Gasteiger partial charge is 0.384 e. The number of pyridine rings is 1. The first-order valence-electron chi connectivity index (χ1n) is 5.64. The summed E-state index contributed by atoms with van der Waals surface area (Å²) in [6.45, 7) is 4.07. The Hall–Kier alpha value is -2.36. The molecule has 4 N–H and O–H groups in total. The molecular formula is C14H15N3O. The monoisotopic (exact) mass is 241 g/mol. The molecule has 0 aliphatic carbocycles. The van der Waals surface area contributed by atoms with E-state index in [1.165, 1.54) is 11.1 Å². The highest BCUT2D eigenvalue weighted by molar-refractivity contribution is 5.94. The van der Waals surface area contributed by atoms with Crippen LogP contribution in [0.1, 0.15) is 16.7 Å². The smallest absolute Gasteiger partial charge is 0.259 e. The zero-order valence-electron chi connectivity index (χ0n) is 10.4. The molecule has 0 atom stereocenters. The maximum atomic E-state index is 11.7. The predicted octanol–water partition coefficient (Wildman–Crippen LogP) is 1.94. The van der Waals surface area contributed by atoms with Crippen molar-refractivity contribution in [2.24, 2.45) is 5.73 Å². The van der Waals surface area contributed by atoms with Gasteiger partial charge in [0.2, 0.25) is 0 Å². The number of aromatic nitrogens is 1. The lowest BCUT2D eigenvalue weighted by Crippen LogP contribution is -2.23. The molecule has 2 aromatic rings. The Bertz CT molecular complexity index is 671. The number of hydrogen-bond acceptors (Lipinski definition) is 2. The molecule has 0 bridgehead atoms. The van der Waals surface area contributed by atoms with Crippen molar-refractivity contribution in [2.45, 2.75) is 13.8 Å². The molecular weight excluding hydrogens is 226 g/mol. The summed E-state index contributed by atoms with van der Waals surface area (Å²) in [5.74, 6) is -0.220. The molecule has 18 heavy (non-hydrogen) atoms. The molecule has 4 nitrogen and oxygen atoms in total. The van der Waals surface area contributed by atoms with Crippen LogP contribution in [0.15, 0.2) is 35.1 Å². The third-order valence-corrected chi connectivity index (χ3v) is 3.02. The average molecular weight is 241 g/mol. The summed E-state index contributed by atoms with van der Waals surface area (Å²) in [4.78, 5) is 14.5. The number of nitrogens with one attached hydrogen (secondary N) is 2. The third-order valence-electron chi connectivity index (χ3n) is 3.02. The fourth-order valence-electron chi connectivity index (χ4n) is 1.76. The summed E-state index contributed by atoms with van der Waals surface area (Å²) in [5, 5.41) is 7.27. The summed E-state index contributed by atoms with van der Waals surface area (Å²) in [6.07, 6.45) is 0. The van der Waals surface area contributed by atoms with E-state index in [-0.39, 0.29) is 17.0 Å². The van der Waals surface area contributed by atoms with Gasteiger partial charge in [-0.1, -0.05) is 12.1 Å². The Balaban J connectivity index is 2.52. The molecule has 1 aromatic heterocycles. The number of benzene rings is 1. The van der Waals surface area contributed by atoms with Gasteiger partial charge in [-0.15, -0.1) is 0 Å². The SMILES string of the molecule is Cc1ccc(-c2ccc(C(=N)N)c(=O)[nH]2)cc1C. The van der Waals surface area contributed by atoms with Crippen LogP contribution in [-0.2, 0) is 0 Å².